The van der Waals surface area contributed by atoms with E-state index in [2.05, 4.69) is 20.2 Å². The number of hydrogen-bond donors (Lipinski definition) is 3. The monoisotopic (exact) mass is 330 g/mol. The summed E-state index contributed by atoms with van der Waals surface area (Å²) in [6.45, 7) is 4.31. The highest BCUT2D eigenvalue weighted by molar-refractivity contribution is 6.01. The van der Waals surface area contributed by atoms with Gasteiger partial charge in [-0.25, -0.2) is 4.98 Å². The molecule has 1 fully saturated rings. The van der Waals surface area contributed by atoms with Crippen molar-refractivity contribution in [3.05, 3.63) is 24.3 Å². The fourth-order valence-corrected chi connectivity index (χ4v) is 2.84. The highest BCUT2D eigenvalue weighted by Crippen LogP contribution is 2.22. The van der Waals surface area contributed by atoms with Crippen LogP contribution in [0.25, 0.3) is 11.0 Å². The number of carboxylic acid groups (broad SMARTS) is 1. The van der Waals surface area contributed by atoms with Gasteiger partial charge in [0.15, 0.2) is 0 Å². The summed E-state index contributed by atoms with van der Waals surface area (Å²) in [5.41, 5.74) is 0.457. The molecule has 1 unspecified atom stereocenters. The van der Waals surface area contributed by atoms with E-state index in [1.807, 2.05) is 24.3 Å². The lowest BCUT2D eigenvalue weighted by Gasteiger charge is -2.34. The predicted molar refractivity (Wildman–Crippen MR) is 90.9 cm³/mol. The Hall–Kier alpha value is -2.57. The molecule has 0 spiro atoms. The van der Waals surface area contributed by atoms with Crippen molar-refractivity contribution in [2.45, 2.75) is 32.7 Å². The van der Waals surface area contributed by atoms with E-state index in [1.165, 1.54) is 13.8 Å². The molecule has 7 nitrogen and oxygen atoms in total. The predicted octanol–water partition coefficient (Wildman–Crippen LogP) is 1.76. The number of aromatic amines is 1. The van der Waals surface area contributed by atoms with E-state index in [9.17, 15) is 9.59 Å². The zero-order valence-corrected chi connectivity index (χ0v) is 13.9. The lowest BCUT2D eigenvalue weighted by molar-refractivity contribution is -0.153. The standard InChI is InChI=1S/C17H22N4O3/c1-17(2,15(23)24)14(22)18-11-6-5-9-21(10-11)16-19-12-7-3-4-8-13(12)20-16/h3-4,7-8,11H,5-6,9-10H2,1-2H3,(H,18,22)(H,19,20)(H,23,24). The second-order valence-corrected chi connectivity index (χ2v) is 6.77. The van der Waals surface area contributed by atoms with Crippen LogP contribution in [-0.2, 0) is 9.59 Å². The van der Waals surface area contributed by atoms with Crippen molar-refractivity contribution in [2.75, 3.05) is 18.0 Å². The zero-order chi connectivity index (χ0) is 17.3. The highest BCUT2D eigenvalue weighted by Gasteiger charge is 2.37. The Morgan fingerprint density at radius 2 is 2.12 bits per heavy atom. The van der Waals surface area contributed by atoms with Gasteiger partial charge in [-0.05, 0) is 38.8 Å². The maximum Gasteiger partial charge on any atom is 0.318 e. The van der Waals surface area contributed by atoms with Crippen LogP contribution in [0.5, 0.6) is 0 Å². The molecule has 2 heterocycles. The molecule has 0 aliphatic carbocycles. The van der Waals surface area contributed by atoms with E-state index in [0.717, 1.165) is 36.4 Å². The number of imidazole rings is 1. The van der Waals surface area contributed by atoms with Crippen molar-refractivity contribution >= 4 is 28.9 Å². The molecule has 7 heteroatoms. The minimum Gasteiger partial charge on any atom is -0.480 e. The average Bonchev–Trinajstić information content (AvgIpc) is 2.99. The first-order chi connectivity index (χ1) is 11.4. The molecule has 24 heavy (non-hydrogen) atoms. The van der Waals surface area contributed by atoms with Gasteiger partial charge in [0.2, 0.25) is 11.9 Å². The number of H-pyrrole nitrogens is 1. The van der Waals surface area contributed by atoms with E-state index < -0.39 is 17.3 Å². The molecule has 1 aromatic carbocycles. The smallest absolute Gasteiger partial charge is 0.318 e. The Morgan fingerprint density at radius 1 is 1.38 bits per heavy atom. The van der Waals surface area contributed by atoms with Gasteiger partial charge in [0, 0.05) is 19.1 Å². The number of benzene rings is 1. The van der Waals surface area contributed by atoms with Gasteiger partial charge in [-0.3, -0.25) is 9.59 Å². The number of para-hydroxylation sites is 2. The summed E-state index contributed by atoms with van der Waals surface area (Å²) in [6, 6.07) is 7.74. The summed E-state index contributed by atoms with van der Waals surface area (Å²) < 4.78 is 0. The minimum absolute atomic E-state index is 0.0851. The molecule has 1 aliphatic heterocycles. The summed E-state index contributed by atoms with van der Waals surface area (Å²) in [4.78, 5) is 33.4. The number of carbonyl (C=O) groups excluding carboxylic acids is 1. The van der Waals surface area contributed by atoms with Crippen molar-refractivity contribution in [1.29, 1.82) is 0 Å². The third-order valence-corrected chi connectivity index (χ3v) is 4.54. The van der Waals surface area contributed by atoms with Gasteiger partial charge in [0.1, 0.15) is 5.41 Å². The Labute approximate surface area is 140 Å². The number of carbonyl (C=O) groups is 2. The normalized spacial score (nSPS) is 18.6. The van der Waals surface area contributed by atoms with Gasteiger partial charge in [0.25, 0.3) is 0 Å². The summed E-state index contributed by atoms with van der Waals surface area (Å²) in [5.74, 6) is -0.788. The molecular weight excluding hydrogens is 308 g/mol. The van der Waals surface area contributed by atoms with E-state index in [4.69, 9.17) is 5.11 Å². The van der Waals surface area contributed by atoms with Gasteiger partial charge in [-0.15, -0.1) is 0 Å². The summed E-state index contributed by atoms with van der Waals surface area (Å²) in [6.07, 6.45) is 1.74. The molecule has 1 atom stereocenters. The fraction of sp³-hybridized carbons (Fsp3) is 0.471. The van der Waals surface area contributed by atoms with Gasteiger partial charge in [-0.2, -0.15) is 0 Å². The van der Waals surface area contributed by atoms with Gasteiger partial charge in [-0.1, -0.05) is 12.1 Å². The number of hydrogen-bond acceptors (Lipinski definition) is 4. The second kappa shape index (κ2) is 6.14. The number of amides is 1. The quantitative estimate of drug-likeness (QED) is 0.742. The summed E-state index contributed by atoms with van der Waals surface area (Å²) in [5, 5.41) is 12.0. The lowest BCUT2D eigenvalue weighted by Crippen LogP contribution is -2.52. The molecule has 1 amide bonds. The van der Waals surface area contributed by atoms with Crippen LogP contribution >= 0.6 is 0 Å². The number of piperidine rings is 1. The molecule has 1 aromatic heterocycles. The Bertz CT molecular complexity index is 735. The first-order valence-corrected chi connectivity index (χ1v) is 8.12. The molecule has 0 bridgehead atoms. The number of carboxylic acids is 1. The molecule has 1 saturated heterocycles. The number of nitrogens with one attached hydrogen (secondary N) is 2. The molecule has 3 rings (SSSR count). The molecule has 128 valence electrons. The first kappa shape index (κ1) is 16.3. The molecule has 3 N–H and O–H groups in total. The molecule has 2 aromatic rings. The van der Waals surface area contributed by atoms with E-state index in [0.29, 0.717) is 6.54 Å². The second-order valence-electron chi connectivity index (χ2n) is 6.77. The minimum atomic E-state index is -1.43. The van der Waals surface area contributed by atoms with Crippen LogP contribution in [-0.4, -0.2) is 46.1 Å². The SMILES string of the molecule is CC(C)(C(=O)O)C(=O)NC1CCCN(c2nc3ccccc3[nH]2)C1. The van der Waals surface area contributed by atoms with Crippen molar-refractivity contribution in [3.8, 4) is 0 Å². The number of aliphatic carboxylic acids is 1. The Morgan fingerprint density at radius 3 is 2.83 bits per heavy atom. The van der Waals surface area contributed by atoms with Gasteiger partial charge in [0.05, 0.1) is 11.0 Å². The van der Waals surface area contributed by atoms with Crippen molar-refractivity contribution < 1.29 is 14.7 Å². The third kappa shape index (κ3) is 3.06. The van der Waals surface area contributed by atoms with Crippen LogP contribution in [0.3, 0.4) is 0 Å². The number of anilines is 1. The van der Waals surface area contributed by atoms with Gasteiger partial charge >= 0.3 is 5.97 Å². The van der Waals surface area contributed by atoms with E-state index in [1.54, 1.807) is 0 Å². The van der Waals surface area contributed by atoms with E-state index in [-0.39, 0.29) is 6.04 Å². The topological polar surface area (TPSA) is 98.3 Å². The first-order valence-electron chi connectivity index (χ1n) is 8.12. The Balaban J connectivity index is 1.70. The molecule has 1 aliphatic rings. The molecule has 0 radical (unpaired) electrons. The highest BCUT2D eigenvalue weighted by atomic mass is 16.4. The van der Waals surface area contributed by atoms with Gasteiger partial charge < -0.3 is 20.3 Å². The number of fused-ring (bicyclic) bond motifs is 1. The zero-order valence-electron chi connectivity index (χ0n) is 13.9. The number of aromatic nitrogens is 2. The van der Waals surface area contributed by atoms with Crippen LogP contribution in [0.1, 0.15) is 26.7 Å². The third-order valence-electron chi connectivity index (χ3n) is 4.54. The van der Waals surface area contributed by atoms with Crippen LogP contribution < -0.4 is 10.2 Å². The van der Waals surface area contributed by atoms with Crippen LogP contribution in [0.2, 0.25) is 0 Å². The maximum absolute atomic E-state index is 12.2. The molecule has 0 saturated carbocycles. The van der Waals surface area contributed by atoms with E-state index >= 15 is 0 Å². The summed E-state index contributed by atoms with van der Waals surface area (Å²) >= 11 is 0. The number of nitrogens with zero attached hydrogens (tertiary/aromatic N) is 2. The Kier molecular flexibility index (Phi) is 4.17. The van der Waals surface area contributed by atoms with Crippen molar-refractivity contribution in [2.24, 2.45) is 5.41 Å². The summed E-state index contributed by atoms with van der Waals surface area (Å²) in [7, 11) is 0. The average molecular weight is 330 g/mol. The van der Waals surface area contributed by atoms with Crippen LogP contribution in [0.15, 0.2) is 24.3 Å². The number of rotatable bonds is 4. The fourth-order valence-electron chi connectivity index (χ4n) is 2.84. The molecular formula is C17H22N4O3. The lowest BCUT2D eigenvalue weighted by atomic mass is 9.91. The van der Waals surface area contributed by atoms with Crippen molar-refractivity contribution in [3.63, 3.8) is 0 Å². The van der Waals surface area contributed by atoms with Crippen LogP contribution in [0.4, 0.5) is 5.95 Å². The van der Waals surface area contributed by atoms with Crippen LogP contribution in [0, 0.1) is 5.41 Å². The largest absolute Gasteiger partial charge is 0.480 e. The maximum atomic E-state index is 12.2. The van der Waals surface area contributed by atoms with Crippen molar-refractivity contribution in [1.82, 2.24) is 15.3 Å².